The van der Waals surface area contributed by atoms with Gasteiger partial charge in [-0.2, -0.15) is 18.0 Å². The van der Waals surface area contributed by atoms with E-state index in [9.17, 15) is 37.5 Å². The lowest BCUT2D eigenvalue weighted by Crippen LogP contribution is -2.56. The van der Waals surface area contributed by atoms with Gasteiger partial charge in [0.15, 0.2) is 0 Å². The number of fused-ring (bicyclic) bond motifs is 2. The number of tetrazole rings is 1. The summed E-state index contributed by atoms with van der Waals surface area (Å²) in [5.74, 6) is -2.76. The van der Waals surface area contributed by atoms with E-state index in [1.54, 1.807) is 20.8 Å². The minimum absolute atomic E-state index is 0.00422. The molecule has 2 fully saturated rings. The van der Waals surface area contributed by atoms with Crippen LogP contribution in [0.5, 0.6) is 0 Å². The molecule has 3 heterocycles. The van der Waals surface area contributed by atoms with Gasteiger partial charge in [0.1, 0.15) is 23.2 Å². The summed E-state index contributed by atoms with van der Waals surface area (Å²) in [6, 6.07) is 1.39. The van der Waals surface area contributed by atoms with Gasteiger partial charge in [-0.05, 0) is 63.8 Å². The van der Waals surface area contributed by atoms with E-state index >= 15 is 0 Å². The summed E-state index contributed by atoms with van der Waals surface area (Å²) < 4.78 is 44.5. The first-order valence-corrected chi connectivity index (χ1v) is 15.6. The maximum atomic E-state index is 14.1. The molecule has 254 valence electrons. The molecule has 1 aliphatic carbocycles. The fourth-order valence-electron chi connectivity index (χ4n) is 6.00. The van der Waals surface area contributed by atoms with Crippen LogP contribution in [0.3, 0.4) is 0 Å². The number of allylic oxidation sites excluding steroid dienone is 1. The number of hydrogen-bond acceptors (Lipinski definition) is 8. The zero-order valence-corrected chi connectivity index (χ0v) is 26.3. The molecule has 3 amide bonds. The van der Waals surface area contributed by atoms with Gasteiger partial charge < -0.3 is 25.4 Å². The topological polar surface area (TPSA) is 169 Å². The molecular formula is C31H38F3N7O6. The number of hydrogen-bond donors (Lipinski definition) is 3. The third-order valence-electron chi connectivity index (χ3n) is 8.55. The maximum Gasteiger partial charge on any atom is 0.416 e. The Hall–Kier alpha value is -4.50. The molecule has 2 aliphatic heterocycles. The summed E-state index contributed by atoms with van der Waals surface area (Å²) in [5.41, 5.74) is -2.88. The molecule has 1 saturated heterocycles. The number of aliphatic carboxylic acids is 1. The van der Waals surface area contributed by atoms with Gasteiger partial charge >= 0.3 is 18.2 Å². The average molecular weight is 662 g/mol. The number of rotatable bonds is 4. The molecule has 13 nitrogen and oxygen atoms in total. The zero-order valence-electron chi connectivity index (χ0n) is 26.3. The minimum Gasteiger partial charge on any atom is -0.479 e. The number of benzene rings is 1. The third kappa shape index (κ3) is 7.73. The molecule has 5 rings (SSSR count). The number of amides is 3. The molecule has 0 bridgehead atoms. The smallest absolute Gasteiger partial charge is 0.416 e. The highest BCUT2D eigenvalue weighted by Crippen LogP contribution is 2.45. The van der Waals surface area contributed by atoms with Crippen LogP contribution < -0.4 is 10.6 Å². The number of carbonyl (C=O) groups excluding carboxylic acids is 3. The molecule has 0 spiro atoms. The molecule has 47 heavy (non-hydrogen) atoms. The summed E-state index contributed by atoms with van der Waals surface area (Å²) in [7, 11) is 0. The molecule has 2 aromatic rings. The highest BCUT2D eigenvalue weighted by atomic mass is 19.4. The van der Waals surface area contributed by atoms with Gasteiger partial charge in [-0.25, -0.2) is 9.59 Å². The molecule has 1 aromatic heterocycles. The van der Waals surface area contributed by atoms with E-state index in [2.05, 4.69) is 26.0 Å². The summed E-state index contributed by atoms with van der Waals surface area (Å²) in [5, 5.41) is 27.8. The van der Waals surface area contributed by atoms with Crippen LogP contribution in [0.25, 0.3) is 11.4 Å². The van der Waals surface area contributed by atoms with Gasteiger partial charge in [-0.1, -0.05) is 37.1 Å². The minimum atomic E-state index is -4.51. The molecule has 0 radical (unpaired) electrons. The Morgan fingerprint density at radius 3 is 2.49 bits per heavy atom. The normalized spacial score (nSPS) is 27.1. The predicted molar refractivity (Wildman–Crippen MR) is 159 cm³/mol. The standard InChI is InChI=1S/C31H38F3N7O6/c1-29(2,3)47-28(46)35-22-10-8-6-4-5-7-9-20-16-30(20,27(44)45)36-25(42)23-15-21(17-40(23)26(22)43)41-38-24(37-39-41)18-11-13-19(14-12-18)31(32,33)34/h7,9,11-14,20-23H,4-6,8,10,15-17H2,1-3H3,(H,35,46)(H,36,42)(H,44,45)/t20-,21-,22+,23+,30-/m1/s1. The molecule has 0 unspecified atom stereocenters. The lowest BCUT2D eigenvalue weighted by molar-refractivity contribution is -0.145. The number of ether oxygens (including phenoxy) is 1. The second kappa shape index (κ2) is 13.0. The van der Waals surface area contributed by atoms with Crippen LogP contribution in [0.15, 0.2) is 36.4 Å². The molecule has 1 saturated carbocycles. The largest absolute Gasteiger partial charge is 0.479 e. The Morgan fingerprint density at radius 1 is 1.11 bits per heavy atom. The number of aromatic nitrogens is 4. The average Bonchev–Trinajstić information content (AvgIpc) is 3.31. The van der Waals surface area contributed by atoms with E-state index in [1.165, 1.54) is 21.8 Å². The van der Waals surface area contributed by atoms with Crippen LogP contribution in [-0.4, -0.2) is 83.9 Å². The molecule has 1 aromatic carbocycles. The Labute approximate surface area is 268 Å². The van der Waals surface area contributed by atoms with E-state index in [0.717, 1.165) is 25.0 Å². The van der Waals surface area contributed by atoms with Crippen LogP contribution in [0.1, 0.15) is 77.3 Å². The lowest BCUT2D eigenvalue weighted by Gasteiger charge is -2.30. The zero-order chi connectivity index (χ0) is 34.1. The lowest BCUT2D eigenvalue weighted by atomic mass is 10.0. The molecule has 3 aliphatic rings. The second-order valence-electron chi connectivity index (χ2n) is 13.2. The van der Waals surface area contributed by atoms with E-state index in [-0.39, 0.29) is 37.2 Å². The number of alkyl carbamates (subject to hydrolysis) is 1. The monoisotopic (exact) mass is 661 g/mol. The molecule has 5 atom stereocenters. The number of carboxylic acids is 1. The number of nitrogens with one attached hydrogen (secondary N) is 2. The molecular weight excluding hydrogens is 623 g/mol. The third-order valence-corrected chi connectivity index (χ3v) is 8.55. The van der Waals surface area contributed by atoms with Crippen LogP contribution in [0.2, 0.25) is 0 Å². The van der Waals surface area contributed by atoms with Crippen LogP contribution in [0, 0.1) is 5.92 Å². The van der Waals surface area contributed by atoms with Crippen molar-refractivity contribution in [3.05, 3.63) is 42.0 Å². The van der Waals surface area contributed by atoms with Crippen molar-refractivity contribution in [1.82, 2.24) is 35.7 Å². The van der Waals surface area contributed by atoms with Gasteiger partial charge in [0.05, 0.1) is 11.6 Å². The Balaban J connectivity index is 1.43. The number of carboxylic acid groups (broad SMARTS) is 1. The van der Waals surface area contributed by atoms with E-state index in [1.807, 2.05) is 12.2 Å². The van der Waals surface area contributed by atoms with E-state index in [4.69, 9.17) is 4.74 Å². The van der Waals surface area contributed by atoms with Gasteiger partial charge in [-0.3, -0.25) is 9.59 Å². The summed E-state index contributed by atoms with van der Waals surface area (Å²) in [6.45, 7) is 5.00. The fourth-order valence-corrected chi connectivity index (χ4v) is 6.00. The first-order chi connectivity index (χ1) is 22.1. The Morgan fingerprint density at radius 2 is 1.83 bits per heavy atom. The SMILES string of the molecule is CC(C)(C)OC(=O)N[C@H]1CCCCCC=C[C@@H]2C[C@@]2(C(=O)O)NC(=O)[C@@H]2C[C@@H](n3nnc(-c4ccc(C(F)(F)F)cc4)n3)CN2C1=O. The summed E-state index contributed by atoms with van der Waals surface area (Å²) in [4.78, 5) is 55.5. The van der Waals surface area contributed by atoms with Crippen molar-refractivity contribution in [3.63, 3.8) is 0 Å². The maximum absolute atomic E-state index is 14.1. The van der Waals surface area contributed by atoms with Crippen LogP contribution in [-0.2, 0) is 25.3 Å². The quantitative estimate of drug-likeness (QED) is 0.412. The summed E-state index contributed by atoms with van der Waals surface area (Å²) in [6.07, 6.45) is 1.72. The van der Waals surface area contributed by atoms with Crippen molar-refractivity contribution in [1.29, 1.82) is 0 Å². The van der Waals surface area contributed by atoms with Crippen LogP contribution in [0.4, 0.5) is 18.0 Å². The van der Waals surface area contributed by atoms with E-state index in [0.29, 0.717) is 12.8 Å². The highest BCUT2D eigenvalue weighted by Gasteiger charge is 2.61. The molecule has 3 N–H and O–H groups in total. The second-order valence-corrected chi connectivity index (χ2v) is 13.2. The number of carbonyl (C=O) groups is 4. The first-order valence-electron chi connectivity index (χ1n) is 15.6. The highest BCUT2D eigenvalue weighted by molar-refractivity contribution is 5.96. The van der Waals surface area contributed by atoms with E-state index < -0.39 is 70.8 Å². The van der Waals surface area contributed by atoms with Crippen molar-refractivity contribution in [3.8, 4) is 11.4 Å². The first kappa shape index (κ1) is 33.9. The van der Waals surface area contributed by atoms with Crippen molar-refractivity contribution in [2.45, 2.75) is 101 Å². The van der Waals surface area contributed by atoms with Crippen LogP contribution >= 0.6 is 0 Å². The summed E-state index contributed by atoms with van der Waals surface area (Å²) >= 11 is 0. The number of alkyl halides is 3. The van der Waals surface area contributed by atoms with Crippen molar-refractivity contribution in [2.75, 3.05) is 6.54 Å². The Bertz CT molecular complexity index is 1540. The van der Waals surface area contributed by atoms with Gasteiger partial charge in [0.2, 0.25) is 17.6 Å². The predicted octanol–water partition coefficient (Wildman–Crippen LogP) is 3.87. The molecule has 16 heteroatoms. The van der Waals surface area contributed by atoms with Gasteiger partial charge in [0.25, 0.3) is 0 Å². The number of nitrogens with zero attached hydrogens (tertiary/aromatic N) is 5. The van der Waals surface area contributed by atoms with Crippen molar-refractivity contribution >= 4 is 23.9 Å². The van der Waals surface area contributed by atoms with Crippen molar-refractivity contribution in [2.24, 2.45) is 5.92 Å². The number of halogens is 3. The Kier molecular flexibility index (Phi) is 9.33. The van der Waals surface area contributed by atoms with Crippen molar-refractivity contribution < 1.29 is 42.2 Å². The van der Waals surface area contributed by atoms with Gasteiger partial charge in [-0.15, -0.1) is 10.2 Å². The fraction of sp³-hybridized carbons (Fsp3) is 0.581. The van der Waals surface area contributed by atoms with Gasteiger partial charge in [0, 0.05) is 24.4 Å².